The molecule has 0 bridgehead atoms. The van der Waals surface area contributed by atoms with Crippen molar-refractivity contribution in [3.63, 3.8) is 0 Å². The number of sulfonamides is 1. The Kier molecular flexibility index (Phi) is 4.65. The fraction of sp³-hybridized carbons (Fsp3) is 0.533. The normalized spacial score (nSPS) is 16.4. The summed E-state index contributed by atoms with van der Waals surface area (Å²) in [5.74, 6) is 0.259. The lowest BCUT2D eigenvalue weighted by atomic mass is 10.2. The SMILES string of the molecule is Cc1noc(C)c1S(=O)(=O)N1CCN(C(=O)Cc2cnn(C)c2)CC1. The van der Waals surface area contributed by atoms with Gasteiger partial charge in [0.2, 0.25) is 15.9 Å². The van der Waals surface area contributed by atoms with E-state index in [0.717, 1.165) is 5.56 Å². The van der Waals surface area contributed by atoms with Crippen molar-refractivity contribution in [1.29, 1.82) is 0 Å². The van der Waals surface area contributed by atoms with E-state index in [1.807, 2.05) is 0 Å². The van der Waals surface area contributed by atoms with E-state index in [2.05, 4.69) is 10.3 Å². The first-order valence-corrected chi connectivity index (χ1v) is 9.41. The molecule has 3 heterocycles. The number of amides is 1. The van der Waals surface area contributed by atoms with Crippen LogP contribution in [0.1, 0.15) is 17.0 Å². The van der Waals surface area contributed by atoms with Gasteiger partial charge in [0.1, 0.15) is 10.6 Å². The summed E-state index contributed by atoms with van der Waals surface area (Å²) in [5.41, 5.74) is 1.20. The number of carbonyl (C=O) groups is 1. The van der Waals surface area contributed by atoms with Crippen LogP contribution in [0.25, 0.3) is 0 Å². The van der Waals surface area contributed by atoms with Crippen LogP contribution < -0.4 is 0 Å². The van der Waals surface area contributed by atoms with Crippen molar-refractivity contribution in [3.05, 3.63) is 29.4 Å². The highest BCUT2D eigenvalue weighted by atomic mass is 32.2. The zero-order valence-electron chi connectivity index (χ0n) is 14.5. The highest BCUT2D eigenvalue weighted by Crippen LogP contribution is 2.24. The van der Waals surface area contributed by atoms with Crippen molar-refractivity contribution in [2.45, 2.75) is 25.2 Å². The number of aryl methyl sites for hydroxylation is 3. The van der Waals surface area contributed by atoms with Crippen molar-refractivity contribution in [2.24, 2.45) is 7.05 Å². The molecule has 1 amide bonds. The summed E-state index contributed by atoms with van der Waals surface area (Å²) >= 11 is 0. The molecule has 0 spiro atoms. The molecule has 0 radical (unpaired) electrons. The van der Waals surface area contributed by atoms with E-state index in [4.69, 9.17) is 4.52 Å². The average Bonchev–Trinajstić information content (AvgIpc) is 3.13. The molecule has 10 heteroatoms. The van der Waals surface area contributed by atoms with Crippen LogP contribution >= 0.6 is 0 Å². The lowest BCUT2D eigenvalue weighted by Crippen LogP contribution is -2.51. The number of hydrogen-bond acceptors (Lipinski definition) is 6. The number of piperazine rings is 1. The summed E-state index contributed by atoms with van der Waals surface area (Å²) in [6.07, 6.45) is 3.73. The standard InChI is InChI=1S/C15H21N5O4S/c1-11-15(12(2)24-17-11)25(22,23)20-6-4-19(5-7-20)14(21)8-13-9-16-18(3)10-13/h9-10H,4-8H2,1-3H3. The van der Waals surface area contributed by atoms with Crippen LogP contribution in [0.4, 0.5) is 0 Å². The van der Waals surface area contributed by atoms with Crippen LogP contribution in [0.5, 0.6) is 0 Å². The first-order valence-electron chi connectivity index (χ1n) is 7.97. The molecule has 1 saturated heterocycles. The number of hydrogen-bond donors (Lipinski definition) is 0. The molecule has 1 aliphatic rings. The van der Waals surface area contributed by atoms with Gasteiger partial charge in [0.15, 0.2) is 5.76 Å². The van der Waals surface area contributed by atoms with Crippen LogP contribution in [-0.4, -0.2) is 64.6 Å². The van der Waals surface area contributed by atoms with E-state index in [1.54, 1.807) is 42.9 Å². The lowest BCUT2D eigenvalue weighted by Gasteiger charge is -2.33. The molecular weight excluding hydrogens is 346 g/mol. The second kappa shape index (κ2) is 6.60. The third-order valence-electron chi connectivity index (χ3n) is 4.27. The fourth-order valence-corrected chi connectivity index (χ4v) is 4.71. The Morgan fingerprint density at radius 1 is 1.24 bits per heavy atom. The summed E-state index contributed by atoms with van der Waals surface area (Å²) in [7, 11) is -1.86. The summed E-state index contributed by atoms with van der Waals surface area (Å²) in [4.78, 5) is 14.2. The molecule has 3 rings (SSSR count). The molecule has 2 aromatic heterocycles. The van der Waals surface area contributed by atoms with Crippen LogP contribution in [0, 0.1) is 13.8 Å². The molecule has 0 aliphatic carbocycles. The highest BCUT2D eigenvalue weighted by Gasteiger charge is 2.34. The van der Waals surface area contributed by atoms with Crippen molar-refractivity contribution < 1.29 is 17.7 Å². The molecule has 25 heavy (non-hydrogen) atoms. The van der Waals surface area contributed by atoms with Crippen LogP contribution in [-0.2, 0) is 28.3 Å². The van der Waals surface area contributed by atoms with Gasteiger partial charge in [0.05, 0.1) is 12.6 Å². The van der Waals surface area contributed by atoms with Gasteiger partial charge in [-0.1, -0.05) is 5.16 Å². The maximum absolute atomic E-state index is 12.8. The van der Waals surface area contributed by atoms with E-state index in [0.29, 0.717) is 18.8 Å². The average molecular weight is 367 g/mol. The Hall–Kier alpha value is -2.20. The van der Waals surface area contributed by atoms with Crippen LogP contribution in [0.2, 0.25) is 0 Å². The molecule has 1 fully saturated rings. The quantitative estimate of drug-likeness (QED) is 0.760. The Labute approximate surface area is 146 Å². The minimum atomic E-state index is -3.66. The van der Waals surface area contributed by atoms with Gasteiger partial charge in [-0.25, -0.2) is 8.42 Å². The van der Waals surface area contributed by atoms with Gasteiger partial charge in [-0.3, -0.25) is 9.48 Å². The largest absolute Gasteiger partial charge is 0.360 e. The predicted molar refractivity (Wildman–Crippen MR) is 88.2 cm³/mol. The van der Waals surface area contributed by atoms with Gasteiger partial charge in [0.25, 0.3) is 0 Å². The van der Waals surface area contributed by atoms with Crippen LogP contribution in [0.3, 0.4) is 0 Å². The summed E-state index contributed by atoms with van der Waals surface area (Å²) < 4.78 is 33.5. The zero-order chi connectivity index (χ0) is 18.2. The highest BCUT2D eigenvalue weighted by molar-refractivity contribution is 7.89. The topological polar surface area (TPSA) is 102 Å². The summed E-state index contributed by atoms with van der Waals surface area (Å²) in [5, 5.41) is 7.76. The van der Waals surface area contributed by atoms with E-state index in [1.165, 1.54) is 4.31 Å². The molecule has 136 valence electrons. The molecule has 0 N–H and O–H groups in total. The maximum atomic E-state index is 12.8. The summed E-state index contributed by atoms with van der Waals surface area (Å²) in [6, 6.07) is 0. The smallest absolute Gasteiger partial charge is 0.248 e. The third kappa shape index (κ3) is 3.45. The van der Waals surface area contributed by atoms with Gasteiger partial charge in [0, 0.05) is 39.4 Å². The minimum Gasteiger partial charge on any atom is -0.360 e. The zero-order valence-corrected chi connectivity index (χ0v) is 15.3. The Morgan fingerprint density at radius 3 is 2.44 bits per heavy atom. The predicted octanol–water partition coefficient (Wildman–Crippen LogP) is 0.101. The number of nitrogens with zero attached hydrogens (tertiary/aromatic N) is 5. The summed E-state index contributed by atoms with van der Waals surface area (Å²) in [6.45, 7) is 4.43. The van der Waals surface area contributed by atoms with Crippen molar-refractivity contribution in [2.75, 3.05) is 26.2 Å². The first-order chi connectivity index (χ1) is 11.8. The molecule has 9 nitrogen and oxygen atoms in total. The molecule has 0 atom stereocenters. The van der Waals surface area contributed by atoms with Gasteiger partial charge in [-0.05, 0) is 19.4 Å². The van der Waals surface area contributed by atoms with Gasteiger partial charge >= 0.3 is 0 Å². The van der Waals surface area contributed by atoms with E-state index < -0.39 is 10.0 Å². The lowest BCUT2D eigenvalue weighted by molar-refractivity contribution is -0.131. The second-order valence-corrected chi connectivity index (χ2v) is 8.01. The van der Waals surface area contributed by atoms with E-state index in [-0.39, 0.29) is 36.1 Å². The third-order valence-corrected chi connectivity index (χ3v) is 6.41. The molecule has 2 aromatic rings. The van der Waals surface area contributed by atoms with Gasteiger partial charge in [-0.15, -0.1) is 0 Å². The maximum Gasteiger partial charge on any atom is 0.248 e. The molecule has 0 saturated carbocycles. The molecular formula is C15H21N5O4S. The Morgan fingerprint density at radius 2 is 1.92 bits per heavy atom. The van der Waals surface area contributed by atoms with Gasteiger partial charge < -0.3 is 9.42 Å². The van der Waals surface area contributed by atoms with Crippen LogP contribution in [0.15, 0.2) is 21.8 Å². The second-order valence-electron chi connectivity index (χ2n) is 6.14. The fourth-order valence-electron chi connectivity index (χ4n) is 3.00. The molecule has 0 aromatic carbocycles. The van der Waals surface area contributed by atoms with Crippen molar-refractivity contribution in [1.82, 2.24) is 24.1 Å². The van der Waals surface area contributed by atoms with Gasteiger partial charge in [-0.2, -0.15) is 9.40 Å². The number of aromatic nitrogens is 3. The molecule has 1 aliphatic heterocycles. The Balaban J connectivity index is 1.64. The number of carbonyl (C=O) groups excluding carboxylic acids is 1. The minimum absolute atomic E-state index is 0.0256. The molecule has 0 unspecified atom stereocenters. The number of rotatable bonds is 4. The monoisotopic (exact) mass is 367 g/mol. The Bertz CT molecular complexity index is 858. The van der Waals surface area contributed by atoms with Crippen molar-refractivity contribution >= 4 is 15.9 Å². The van der Waals surface area contributed by atoms with E-state index in [9.17, 15) is 13.2 Å². The first kappa shape index (κ1) is 17.6. The van der Waals surface area contributed by atoms with Crippen molar-refractivity contribution in [3.8, 4) is 0 Å². The van der Waals surface area contributed by atoms with E-state index >= 15 is 0 Å².